The van der Waals surface area contributed by atoms with Gasteiger partial charge < -0.3 is 5.32 Å². The van der Waals surface area contributed by atoms with E-state index in [0.717, 1.165) is 4.34 Å². The molecule has 1 heterocycles. The molecule has 1 aromatic heterocycles. The number of hydrogen-bond donors (Lipinski definition) is 1. The van der Waals surface area contributed by atoms with Crippen molar-refractivity contribution in [1.29, 1.82) is 0 Å². The minimum Gasteiger partial charge on any atom is -0.309 e. The molecule has 0 spiro atoms. The van der Waals surface area contributed by atoms with Crippen molar-refractivity contribution in [2.45, 2.75) is 32.2 Å². The highest BCUT2D eigenvalue weighted by Gasteiger charge is 2.13. The molecule has 0 saturated heterocycles. The van der Waals surface area contributed by atoms with Crippen LogP contribution in [0.25, 0.3) is 0 Å². The van der Waals surface area contributed by atoms with Crippen LogP contribution in [0, 0.1) is 0 Å². The standard InChI is InChI=1S/C16H20ClNS/c1-3-4-5-12-6-8-13(9-7-12)16(18-2)14-10-11-15(17)19-14/h6-11,16,18H,3-5H2,1-2H3. The Kier molecular flexibility index (Phi) is 5.44. The SMILES string of the molecule is CCCCc1ccc(C(NC)c2ccc(Cl)s2)cc1. The van der Waals surface area contributed by atoms with Gasteiger partial charge in [0.15, 0.2) is 0 Å². The van der Waals surface area contributed by atoms with Crippen LogP contribution < -0.4 is 5.32 Å². The highest BCUT2D eigenvalue weighted by molar-refractivity contribution is 7.16. The average Bonchev–Trinajstić information content (AvgIpc) is 2.85. The van der Waals surface area contributed by atoms with Gasteiger partial charge in [0.1, 0.15) is 0 Å². The lowest BCUT2D eigenvalue weighted by molar-refractivity contribution is 0.703. The van der Waals surface area contributed by atoms with Crippen LogP contribution in [0.4, 0.5) is 0 Å². The third-order valence-electron chi connectivity index (χ3n) is 3.30. The van der Waals surface area contributed by atoms with Crippen LogP contribution in [0.3, 0.4) is 0 Å². The molecule has 0 saturated carbocycles. The maximum Gasteiger partial charge on any atom is 0.0931 e. The maximum absolute atomic E-state index is 6.02. The number of rotatable bonds is 6. The third kappa shape index (κ3) is 3.82. The van der Waals surface area contributed by atoms with Crippen molar-refractivity contribution in [3.05, 3.63) is 56.7 Å². The second kappa shape index (κ2) is 7.09. The molecule has 0 amide bonds. The Balaban J connectivity index is 2.15. The fourth-order valence-corrected chi connectivity index (χ4v) is 3.41. The van der Waals surface area contributed by atoms with Crippen LogP contribution in [0.1, 0.15) is 41.8 Å². The summed E-state index contributed by atoms with van der Waals surface area (Å²) in [7, 11) is 1.99. The lowest BCUT2D eigenvalue weighted by Crippen LogP contribution is -2.16. The molecule has 2 aromatic rings. The van der Waals surface area contributed by atoms with Crippen LogP contribution >= 0.6 is 22.9 Å². The van der Waals surface area contributed by atoms with Crippen molar-refractivity contribution < 1.29 is 0 Å². The molecule has 102 valence electrons. The minimum atomic E-state index is 0.234. The number of hydrogen-bond acceptors (Lipinski definition) is 2. The summed E-state index contributed by atoms with van der Waals surface area (Å²) in [5.41, 5.74) is 2.71. The summed E-state index contributed by atoms with van der Waals surface area (Å²) in [6.45, 7) is 2.23. The molecule has 2 rings (SSSR count). The zero-order valence-electron chi connectivity index (χ0n) is 11.4. The average molecular weight is 294 g/mol. The van der Waals surface area contributed by atoms with Crippen molar-refractivity contribution in [3.8, 4) is 0 Å². The highest BCUT2D eigenvalue weighted by atomic mass is 35.5. The molecule has 1 N–H and O–H groups in total. The smallest absolute Gasteiger partial charge is 0.0931 e. The Morgan fingerprint density at radius 3 is 2.42 bits per heavy atom. The summed E-state index contributed by atoms with van der Waals surface area (Å²) in [5, 5.41) is 3.36. The van der Waals surface area contributed by atoms with Crippen molar-refractivity contribution in [2.75, 3.05) is 7.05 Å². The predicted octanol–water partition coefficient (Wildman–Crippen LogP) is 5.05. The minimum absolute atomic E-state index is 0.234. The fraction of sp³-hybridized carbons (Fsp3) is 0.375. The first-order chi connectivity index (χ1) is 9.24. The van der Waals surface area contributed by atoms with Crippen LogP contribution in [0.15, 0.2) is 36.4 Å². The van der Waals surface area contributed by atoms with Crippen molar-refractivity contribution in [2.24, 2.45) is 0 Å². The van der Waals surface area contributed by atoms with Gasteiger partial charge in [-0.3, -0.25) is 0 Å². The first-order valence-corrected chi connectivity index (χ1v) is 7.95. The zero-order chi connectivity index (χ0) is 13.7. The summed E-state index contributed by atoms with van der Waals surface area (Å²) in [5.74, 6) is 0. The van der Waals surface area contributed by atoms with Gasteiger partial charge in [0.05, 0.1) is 10.4 Å². The van der Waals surface area contributed by atoms with Crippen LogP contribution in [-0.4, -0.2) is 7.05 Å². The molecule has 0 bridgehead atoms. The predicted molar refractivity (Wildman–Crippen MR) is 85.3 cm³/mol. The third-order valence-corrected chi connectivity index (χ3v) is 4.60. The van der Waals surface area contributed by atoms with Gasteiger partial charge in [0.25, 0.3) is 0 Å². The molecule has 19 heavy (non-hydrogen) atoms. The zero-order valence-corrected chi connectivity index (χ0v) is 13.0. The molecule has 1 nitrogen and oxygen atoms in total. The number of benzene rings is 1. The van der Waals surface area contributed by atoms with E-state index in [9.17, 15) is 0 Å². The summed E-state index contributed by atoms with van der Waals surface area (Å²) >= 11 is 7.66. The normalized spacial score (nSPS) is 12.6. The van der Waals surface area contributed by atoms with Crippen molar-refractivity contribution in [1.82, 2.24) is 5.32 Å². The highest BCUT2D eigenvalue weighted by Crippen LogP contribution is 2.30. The number of unbranched alkanes of at least 4 members (excludes halogenated alkanes) is 1. The van der Waals surface area contributed by atoms with Gasteiger partial charge in [-0.25, -0.2) is 0 Å². The van der Waals surface area contributed by atoms with Gasteiger partial charge in [-0.15, -0.1) is 11.3 Å². The fourth-order valence-electron chi connectivity index (χ4n) is 2.21. The Morgan fingerprint density at radius 1 is 1.16 bits per heavy atom. The number of aryl methyl sites for hydroxylation is 1. The number of halogens is 1. The first kappa shape index (κ1) is 14.6. The van der Waals surface area contributed by atoms with Gasteiger partial charge in [-0.2, -0.15) is 0 Å². The summed E-state index contributed by atoms with van der Waals surface area (Å²) in [6, 6.07) is 13.2. The van der Waals surface area contributed by atoms with E-state index in [2.05, 4.69) is 42.6 Å². The molecule has 1 aromatic carbocycles. The van der Waals surface area contributed by atoms with Gasteiger partial charge >= 0.3 is 0 Å². The van der Waals surface area contributed by atoms with E-state index in [1.54, 1.807) is 11.3 Å². The molecular formula is C16H20ClNS. The lowest BCUT2D eigenvalue weighted by atomic mass is 10.0. The van der Waals surface area contributed by atoms with Gasteiger partial charge in [-0.1, -0.05) is 49.2 Å². The number of thiophene rings is 1. The molecule has 3 heteroatoms. The molecule has 1 atom stereocenters. The Bertz CT molecular complexity index is 504. The number of nitrogens with one attached hydrogen (secondary N) is 1. The summed E-state index contributed by atoms with van der Waals surface area (Å²) in [4.78, 5) is 1.26. The second-order valence-electron chi connectivity index (χ2n) is 4.71. The molecule has 0 aliphatic heterocycles. The van der Waals surface area contributed by atoms with Gasteiger partial charge in [-0.05, 0) is 43.1 Å². The van der Waals surface area contributed by atoms with E-state index in [1.807, 2.05) is 13.1 Å². The van der Waals surface area contributed by atoms with Crippen LogP contribution in [0.2, 0.25) is 4.34 Å². The van der Waals surface area contributed by atoms with Gasteiger partial charge in [0, 0.05) is 4.88 Å². The lowest BCUT2D eigenvalue weighted by Gasteiger charge is -2.15. The van der Waals surface area contributed by atoms with Crippen molar-refractivity contribution >= 4 is 22.9 Å². The maximum atomic E-state index is 6.02. The van der Waals surface area contributed by atoms with Gasteiger partial charge in [0.2, 0.25) is 0 Å². The van der Waals surface area contributed by atoms with E-state index in [-0.39, 0.29) is 6.04 Å². The van der Waals surface area contributed by atoms with E-state index >= 15 is 0 Å². The van der Waals surface area contributed by atoms with Crippen LogP contribution in [0.5, 0.6) is 0 Å². The molecule has 0 fully saturated rings. The Hall–Kier alpha value is -0.830. The molecule has 0 aliphatic rings. The molecule has 0 radical (unpaired) electrons. The Morgan fingerprint density at radius 2 is 1.89 bits per heavy atom. The van der Waals surface area contributed by atoms with E-state index in [1.165, 1.54) is 35.3 Å². The topological polar surface area (TPSA) is 12.0 Å². The quantitative estimate of drug-likeness (QED) is 0.785. The van der Waals surface area contributed by atoms with E-state index < -0.39 is 0 Å². The second-order valence-corrected chi connectivity index (χ2v) is 6.46. The molecule has 1 unspecified atom stereocenters. The molecule has 0 aliphatic carbocycles. The Labute approximate surface area is 124 Å². The van der Waals surface area contributed by atoms with E-state index in [4.69, 9.17) is 11.6 Å². The largest absolute Gasteiger partial charge is 0.309 e. The monoisotopic (exact) mass is 293 g/mol. The van der Waals surface area contributed by atoms with E-state index in [0.29, 0.717) is 0 Å². The van der Waals surface area contributed by atoms with Crippen LogP contribution in [-0.2, 0) is 6.42 Å². The first-order valence-electron chi connectivity index (χ1n) is 6.76. The molecular weight excluding hydrogens is 274 g/mol. The summed E-state index contributed by atoms with van der Waals surface area (Å²) < 4.78 is 0.842. The summed E-state index contributed by atoms with van der Waals surface area (Å²) in [6.07, 6.45) is 3.68. The van der Waals surface area contributed by atoms with Crippen molar-refractivity contribution in [3.63, 3.8) is 0 Å².